The molecule has 4 aliphatic rings. The normalized spacial score (nSPS) is 15.3. The molecule has 10 rings (SSSR count). The van der Waals surface area contributed by atoms with Crippen molar-refractivity contribution in [2.75, 3.05) is 26.2 Å². The smallest absolute Gasteiger partial charge is 1.00 e. The van der Waals surface area contributed by atoms with E-state index < -0.39 is 17.2 Å². The number of carbonyl (C=O) groups is 5. The third kappa shape index (κ3) is 21.1. The predicted octanol–water partition coefficient (Wildman–Crippen LogP) is 9.75. The van der Waals surface area contributed by atoms with Gasteiger partial charge in [0.15, 0.2) is 6.61 Å². The predicted molar refractivity (Wildman–Crippen MR) is 336 cm³/mol. The molecule has 0 atom stereocenters. The summed E-state index contributed by atoms with van der Waals surface area (Å²) in [7, 11) is 2.72. The summed E-state index contributed by atoms with van der Waals surface area (Å²) in [5.41, 5.74) is 9.21. The number of nitrogens with zero attached hydrogens (tertiary/aromatic N) is 3. The Morgan fingerprint density at radius 3 is 1.36 bits per heavy atom. The fourth-order valence-electron chi connectivity index (χ4n) is 12.6. The molecule has 4 aliphatic carbocycles. The van der Waals surface area contributed by atoms with Gasteiger partial charge in [0.2, 0.25) is 0 Å². The van der Waals surface area contributed by atoms with Crippen molar-refractivity contribution in [3.63, 3.8) is 0 Å². The Bertz CT molecular complexity index is 3280. The van der Waals surface area contributed by atoms with E-state index in [1.807, 2.05) is 96.1 Å². The Morgan fingerprint density at radius 1 is 0.625 bits per heavy atom. The number of benzene rings is 4. The van der Waals surface area contributed by atoms with Gasteiger partial charge in [-0.3, -0.25) is 9.59 Å². The molecular weight excluding hydrogens is 1240 g/mol. The van der Waals surface area contributed by atoms with E-state index in [2.05, 4.69) is 59.0 Å². The van der Waals surface area contributed by atoms with Crippen LogP contribution >= 0.6 is 15.9 Å². The van der Waals surface area contributed by atoms with Crippen LogP contribution < -0.4 is 113 Å². The number of nitriles is 1. The number of fused-ring (bicyclic) bond motifs is 2. The van der Waals surface area contributed by atoms with Gasteiger partial charge in [-0.1, -0.05) is 117 Å². The summed E-state index contributed by atoms with van der Waals surface area (Å²) in [6.45, 7) is 12.5. The first kappa shape index (κ1) is 76.6. The quantitative estimate of drug-likeness (QED) is 0.0217. The van der Waals surface area contributed by atoms with E-state index in [4.69, 9.17) is 34.3 Å². The number of aromatic hydroxyl groups is 1. The molecule has 19 heteroatoms. The maximum absolute atomic E-state index is 13.1. The molecule has 16 nitrogen and oxygen atoms in total. The van der Waals surface area contributed by atoms with E-state index in [1.165, 1.54) is 126 Å². The van der Waals surface area contributed by atoms with Crippen LogP contribution in [-0.2, 0) is 38.2 Å². The fraction of sp³-hybridized carbons (Fsp3) is 0.507. The molecule has 4 aromatic carbocycles. The summed E-state index contributed by atoms with van der Waals surface area (Å²) in [6, 6.07) is 30.4. The Hall–Kier alpha value is -3.89. The minimum absolute atomic E-state index is 0. The van der Waals surface area contributed by atoms with Crippen molar-refractivity contribution in [2.24, 2.45) is 0 Å². The summed E-state index contributed by atoms with van der Waals surface area (Å²) in [5, 5.41) is 29.4. The molecule has 4 saturated carbocycles. The van der Waals surface area contributed by atoms with Gasteiger partial charge in [0.1, 0.15) is 28.0 Å². The molecule has 0 spiro atoms. The third-order valence-electron chi connectivity index (χ3n) is 16.0. The summed E-state index contributed by atoms with van der Waals surface area (Å²) < 4.78 is 31.5. The second kappa shape index (κ2) is 37.6. The molecule has 4 fully saturated rings. The molecule has 466 valence electrons. The number of ether oxygens (including phenoxy) is 5. The van der Waals surface area contributed by atoms with Crippen molar-refractivity contribution >= 4 is 68.1 Å². The zero-order valence-corrected chi connectivity index (χ0v) is 61.5. The number of hydrogen-bond donors (Lipinski definition) is 1. The fourth-order valence-corrected chi connectivity index (χ4v) is 12.8. The van der Waals surface area contributed by atoms with E-state index in [-0.39, 0.29) is 141 Å². The van der Waals surface area contributed by atoms with E-state index in [1.54, 1.807) is 12.1 Å². The van der Waals surface area contributed by atoms with Crippen LogP contribution in [0.15, 0.2) is 84.9 Å². The standard InChI is InChI=1S/C33H41NO5.C30H37NO3.C3H5BrO2.C2H3N.CH2O3.2K.H/c1-33(2,3)39-32(36)23-18-19-25-27(20-23)34(24-14-8-9-15-24)31(30(25)22-12-6-5-7-13-22)26-16-10-11-17-28(26)38-21-29(35)37-4;1-30(2,3)34-29(33)21-17-18-23-25(19-21)31(22-13-7-8-14-22)28(24-15-9-10-16-26(24)32)27(23)20-11-5-4-6-12-20;1-6-3(5)2-4;1-2-3;2-1-4-3;;;/h10-11,16-20,22,24H,5-9,12-15,21H2,1-4H3;9-10,15-20,22,32H,4-8,11-14H2,1-3H3;2H2,1H3;1H3;1,3H;;;/q;;;;;2*+1;-1/p-1. The number of rotatable bonds is 13. The van der Waals surface area contributed by atoms with Gasteiger partial charge in [-0.2, -0.15) is 5.26 Å². The molecule has 2 aromatic heterocycles. The zero-order valence-electron chi connectivity index (χ0n) is 54.7. The second-order valence-corrected chi connectivity index (χ2v) is 24.8. The van der Waals surface area contributed by atoms with E-state index >= 15 is 0 Å². The molecular formula is C69H88BrK2N3O13. The molecule has 2 heterocycles. The van der Waals surface area contributed by atoms with Gasteiger partial charge in [-0.25, -0.2) is 14.4 Å². The first-order valence-corrected chi connectivity index (χ1v) is 31.4. The summed E-state index contributed by atoms with van der Waals surface area (Å²) in [5.74, 6) is 0.679. The number of alkyl halides is 1. The number of halogens is 1. The molecule has 0 saturated heterocycles. The first-order valence-electron chi connectivity index (χ1n) is 30.3. The van der Waals surface area contributed by atoms with Crippen LogP contribution in [0.5, 0.6) is 11.5 Å². The molecule has 6 aromatic rings. The molecule has 0 bridgehead atoms. The van der Waals surface area contributed by atoms with Gasteiger partial charge in [-0.15, -0.1) is 0 Å². The topological polar surface area (TPSA) is 218 Å². The maximum Gasteiger partial charge on any atom is 1.00 e. The molecule has 88 heavy (non-hydrogen) atoms. The monoisotopic (exact) mass is 1320 g/mol. The van der Waals surface area contributed by atoms with Crippen molar-refractivity contribution < 1.29 is 167 Å². The number of hydrogen-bond acceptors (Lipinski definition) is 14. The molecule has 0 unspecified atom stereocenters. The van der Waals surface area contributed by atoms with Crippen LogP contribution in [-0.4, -0.2) is 81.9 Å². The molecule has 1 N–H and O–H groups in total. The van der Waals surface area contributed by atoms with Gasteiger partial charge >= 0.3 is 127 Å². The molecule has 0 aliphatic heterocycles. The number of para-hydroxylation sites is 2. The maximum atomic E-state index is 13.1. The third-order valence-corrected chi connectivity index (χ3v) is 16.5. The summed E-state index contributed by atoms with van der Waals surface area (Å²) in [4.78, 5) is 59.2. The number of methoxy groups -OCH3 is 2. The number of esters is 4. The number of aromatic nitrogens is 2. The van der Waals surface area contributed by atoms with Gasteiger partial charge in [0.05, 0.1) is 42.8 Å². The van der Waals surface area contributed by atoms with Gasteiger partial charge < -0.3 is 49.5 Å². The van der Waals surface area contributed by atoms with E-state index in [0.717, 1.165) is 66.4 Å². The van der Waals surface area contributed by atoms with Gasteiger partial charge in [-0.05, 0) is 164 Å². The molecule has 0 amide bonds. The Labute approximate surface area is 614 Å². The van der Waals surface area contributed by atoms with Crippen LogP contribution in [0.2, 0.25) is 0 Å². The van der Waals surface area contributed by atoms with Crippen molar-refractivity contribution in [2.45, 2.75) is 199 Å². The van der Waals surface area contributed by atoms with Crippen molar-refractivity contribution in [3.05, 3.63) is 107 Å². The van der Waals surface area contributed by atoms with Crippen LogP contribution in [0, 0.1) is 11.3 Å². The Balaban J connectivity index is 0.000000380. The second-order valence-electron chi connectivity index (χ2n) is 24.3. The molecule has 0 radical (unpaired) electrons. The van der Waals surface area contributed by atoms with Crippen LogP contribution in [0.1, 0.15) is 221 Å². The summed E-state index contributed by atoms with van der Waals surface area (Å²) >= 11 is 2.90. The van der Waals surface area contributed by atoms with Gasteiger partial charge in [0, 0.05) is 51.9 Å². The number of phenolic OH excluding ortho intramolecular Hbond substituents is 1. The van der Waals surface area contributed by atoms with Crippen molar-refractivity contribution in [1.82, 2.24) is 9.13 Å². The van der Waals surface area contributed by atoms with Crippen LogP contribution in [0.3, 0.4) is 0 Å². The average molecular weight is 1330 g/mol. The largest absolute Gasteiger partial charge is 1.00 e. The van der Waals surface area contributed by atoms with Crippen LogP contribution in [0.4, 0.5) is 0 Å². The number of phenols is 1. The minimum Gasteiger partial charge on any atom is -1.00 e. The zero-order chi connectivity index (χ0) is 62.6. The Kier molecular flexibility index (Phi) is 32.7. The SMILES string of the molecule is CC#N.CC(C)(C)OC(=O)c1ccc2c(C3CCCCC3)c(-c3ccccc3O)n(C3CCCC3)c2c1.COC(=O)CBr.COC(=O)COc1ccccc1-c1c(C2CCCCC2)c2ccc(C(=O)OC(C)(C)C)cc2n1C1CCCC1.O=CO[O-].[H-].[K+].[K+]. The Morgan fingerprint density at radius 2 is 1.00 bits per heavy atom. The van der Waals surface area contributed by atoms with Crippen molar-refractivity contribution in [1.29, 1.82) is 5.26 Å². The van der Waals surface area contributed by atoms with E-state index in [0.29, 0.717) is 46.5 Å². The first-order chi connectivity index (χ1) is 41.2. The number of carbonyl (C=O) groups excluding carboxylic acids is 5. The summed E-state index contributed by atoms with van der Waals surface area (Å²) in [6.07, 6.45) is 21.4. The minimum atomic E-state index is -0.562. The van der Waals surface area contributed by atoms with E-state index in [9.17, 15) is 24.3 Å². The van der Waals surface area contributed by atoms with Crippen molar-refractivity contribution in [3.8, 4) is 40.1 Å². The van der Waals surface area contributed by atoms with Crippen LogP contribution in [0.25, 0.3) is 44.3 Å². The average Bonchev–Trinajstić information content (AvgIpc) is 1.62. The van der Waals surface area contributed by atoms with Gasteiger partial charge in [0.25, 0.3) is 6.47 Å².